The third kappa shape index (κ3) is 5.71. The molecule has 1 aromatic heterocycles. The number of thiazole rings is 1. The molecule has 0 bridgehead atoms. The molecular formula is C19H24N4O2S2. The van der Waals surface area contributed by atoms with Crippen LogP contribution in [-0.4, -0.2) is 40.2 Å². The van der Waals surface area contributed by atoms with Crippen LogP contribution in [0.1, 0.15) is 30.0 Å². The van der Waals surface area contributed by atoms with Gasteiger partial charge in [-0.25, -0.2) is 9.78 Å². The summed E-state index contributed by atoms with van der Waals surface area (Å²) in [4.78, 5) is 31.8. The Hall–Kier alpha value is -2.06. The molecule has 2 N–H and O–H groups in total. The first kappa shape index (κ1) is 19.7. The zero-order chi connectivity index (χ0) is 19.2. The number of fused-ring (bicyclic) bond motifs is 1. The molecule has 0 saturated carbocycles. The van der Waals surface area contributed by atoms with Crippen molar-refractivity contribution in [1.82, 2.24) is 15.2 Å². The summed E-state index contributed by atoms with van der Waals surface area (Å²) in [7, 11) is 0. The van der Waals surface area contributed by atoms with Crippen LogP contribution in [0.5, 0.6) is 0 Å². The molecule has 0 fully saturated rings. The number of hydrogen-bond acceptors (Lipinski definition) is 5. The molecule has 1 aliphatic rings. The first-order valence-corrected chi connectivity index (χ1v) is 10.9. The predicted octanol–water partition coefficient (Wildman–Crippen LogP) is 3.49. The second-order valence-electron chi connectivity index (χ2n) is 6.69. The number of benzene rings is 1. The summed E-state index contributed by atoms with van der Waals surface area (Å²) in [6.45, 7) is 5.07. The highest BCUT2D eigenvalue weighted by molar-refractivity contribution is 7.99. The minimum atomic E-state index is -0.249. The Morgan fingerprint density at radius 2 is 2.07 bits per heavy atom. The van der Waals surface area contributed by atoms with E-state index in [-0.39, 0.29) is 18.0 Å². The molecule has 1 aliphatic heterocycles. The van der Waals surface area contributed by atoms with Crippen LogP contribution < -0.4 is 10.6 Å². The first-order valence-electron chi connectivity index (χ1n) is 8.97. The van der Waals surface area contributed by atoms with E-state index in [4.69, 9.17) is 0 Å². The molecule has 3 amide bonds. The summed E-state index contributed by atoms with van der Waals surface area (Å²) in [5.74, 6) is 1.47. The topological polar surface area (TPSA) is 74.3 Å². The fraction of sp³-hybridized carbons (Fsp3) is 0.421. The number of aromatic nitrogens is 1. The van der Waals surface area contributed by atoms with Gasteiger partial charge in [-0.3, -0.25) is 10.1 Å². The summed E-state index contributed by atoms with van der Waals surface area (Å²) in [6.07, 6.45) is 0.731. The molecule has 8 heteroatoms. The number of carbonyl (C=O) groups excluding carboxylic acids is 2. The first-order chi connectivity index (χ1) is 13.0. The summed E-state index contributed by atoms with van der Waals surface area (Å²) >= 11 is 3.09. The molecule has 27 heavy (non-hydrogen) atoms. The third-order valence-corrected chi connectivity index (χ3v) is 6.05. The Labute approximate surface area is 167 Å². The lowest BCUT2D eigenvalue weighted by molar-refractivity contribution is -0.129. The van der Waals surface area contributed by atoms with E-state index in [0.717, 1.165) is 22.7 Å². The van der Waals surface area contributed by atoms with E-state index in [1.54, 1.807) is 11.8 Å². The SMILES string of the molecule is CC(C)NC(=O)Nc1nc2c(s1)CN(C(=O)CSCc1ccccc1)CC2. The Kier molecular flexibility index (Phi) is 6.73. The smallest absolute Gasteiger partial charge is 0.321 e. The van der Waals surface area contributed by atoms with Crippen LogP contribution in [0.25, 0.3) is 0 Å². The summed E-state index contributed by atoms with van der Waals surface area (Å²) < 4.78 is 0. The van der Waals surface area contributed by atoms with Gasteiger partial charge in [0.1, 0.15) is 0 Å². The maximum absolute atomic E-state index is 12.5. The van der Waals surface area contributed by atoms with E-state index in [1.165, 1.54) is 16.9 Å². The highest BCUT2D eigenvalue weighted by Crippen LogP contribution is 2.28. The van der Waals surface area contributed by atoms with Crippen LogP contribution in [0.3, 0.4) is 0 Å². The number of carbonyl (C=O) groups is 2. The van der Waals surface area contributed by atoms with E-state index in [9.17, 15) is 9.59 Å². The van der Waals surface area contributed by atoms with Crippen LogP contribution in [-0.2, 0) is 23.5 Å². The fourth-order valence-corrected chi connectivity index (χ4v) is 4.69. The molecule has 1 aromatic carbocycles. The van der Waals surface area contributed by atoms with Crippen molar-refractivity contribution in [3.63, 3.8) is 0 Å². The van der Waals surface area contributed by atoms with Crippen molar-refractivity contribution in [2.24, 2.45) is 0 Å². The van der Waals surface area contributed by atoms with Crippen LogP contribution in [0.4, 0.5) is 9.93 Å². The van der Waals surface area contributed by atoms with Gasteiger partial charge in [0.15, 0.2) is 5.13 Å². The minimum absolute atomic E-state index is 0.0704. The largest absolute Gasteiger partial charge is 0.336 e. The Balaban J connectivity index is 1.50. The molecule has 0 unspecified atom stereocenters. The lowest BCUT2D eigenvalue weighted by Crippen LogP contribution is -2.36. The maximum atomic E-state index is 12.5. The molecule has 2 heterocycles. The molecule has 0 atom stereocenters. The van der Waals surface area contributed by atoms with Crippen LogP contribution in [0.2, 0.25) is 0 Å². The van der Waals surface area contributed by atoms with Crippen molar-refractivity contribution in [2.75, 3.05) is 17.6 Å². The van der Waals surface area contributed by atoms with Gasteiger partial charge in [0, 0.05) is 29.6 Å². The van der Waals surface area contributed by atoms with E-state index < -0.39 is 0 Å². The van der Waals surface area contributed by atoms with Crippen molar-refractivity contribution in [1.29, 1.82) is 0 Å². The number of amides is 3. The minimum Gasteiger partial charge on any atom is -0.336 e. The van der Waals surface area contributed by atoms with Crippen LogP contribution in [0, 0.1) is 0 Å². The van der Waals surface area contributed by atoms with Gasteiger partial charge in [0.05, 0.1) is 18.0 Å². The lowest BCUT2D eigenvalue weighted by Gasteiger charge is -2.26. The second kappa shape index (κ2) is 9.23. The number of nitrogens with one attached hydrogen (secondary N) is 2. The van der Waals surface area contributed by atoms with Crippen LogP contribution in [0.15, 0.2) is 30.3 Å². The zero-order valence-corrected chi connectivity index (χ0v) is 17.2. The van der Waals surface area contributed by atoms with E-state index in [2.05, 4.69) is 27.8 Å². The molecule has 3 rings (SSSR count). The fourth-order valence-electron chi connectivity index (χ4n) is 2.78. The molecule has 0 radical (unpaired) electrons. The van der Waals surface area contributed by atoms with Gasteiger partial charge < -0.3 is 10.2 Å². The molecule has 6 nitrogen and oxygen atoms in total. The predicted molar refractivity (Wildman–Crippen MR) is 111 cm³/mol. The quantitative estimate of drug-likeness (QED) is 0.773. The summed E-state index contributed by atoms with van der Waals surface area (Å²) in [5, 5.41) is 6.15. The Morgan fingerprint density at radius 3 is 2.81 bits per heavy atom. The molecule has 2 aromatic rings. The van der Waals surface area contributed by atoms with Gasteiger partial charge in [-0.1, -0.05) is 41.7 Å². The molecule has 0 aliphatic carbocycles. The van der Waals surface area contributed by atoms with Gasteiger partial charge >= 0.3 is 6.03 Å². The van der Waals surface area contributed by atoms with E-state index >= 15 is 0 Å². The van der Waals surface area contributed by atoms with Crippen molar-refractivity contribution >= 4 is 40.2 Å². The van der Waals surface area contributed by atoms with Crippen molar-refractivity contribution < 1.29 is 9.59 Å². The molecular weight excluding hydrogens is 380 g/mol. The number of urea groups is 1. The monoisotopic (exact) mass is 404 g/mol. The third-order valence-electron chi connectivity index (χ3n) is 4.06. The molecule has 0 saturated heterocycles. The van der Waals surface area contributed by atoms with Gasteiger partial charge in [-0.2, -0.15) is 0 Å². The van der Waals surface area contributed by atoms with Crippen molar-refractivity contribution in [3.05, 3.63) is 46.5 Å². The van der Waals surface area contributed by atoms with E-state index in [0.29, 0.717) is 24.0 Å². The number of anilines is 1. The normalized spacial score (nSPS) is 13.4. The average Bonchev–Trinajstić information content (AvgIpc) is 3.02. The Morgan fingerprint density at radius 1 is 1.30 bits per heavy atom. The standard InChI is InChI=1S/C19H24N4O2S2/c1-13(2)20-18(25)22-19-21-15-8-9-23(10-16(15)27-19)17(24)12-26-11-14-6-4-3-5-7-14/h3-7,13H,8-12H2,1-2H3,(H2,20,21,22,25). The second-order valence-corrected chi connectivity index (χ2v) is 8.75. The van der Waals surface area contributed by atoms with E-state index in [1.807, 2.05) is 36.9 Å². The van der Waals surface area contributed by atoms with Crippen molar-refractivity contribution in [3.8, 4) is 0 Å². The number of rotatable bonds is 6. The number of nitrogens with zero attached hydrogens (tertiary/aromatic N) is 2. The van der Waals surface area contributed by atoms with Gasteiger partial charge in [-0.05, 0) is 19.4 Å². The lowest BCUT2D eigenvalue weighted by atomic mass is 10.2. The molecule has 0 spiro atoms. The van der Waals surface area contributed by atoms with Gasteiger partial charge in [-0.15, -0.1) is 11.8 Å². The van der Waals surface area contributed by atoms with Gasteiger partial charge in [0.2, 0.25) is 5.91 Å². The summed E-state index contributed by atoms with van der Waals surface area (Å²) in [6, 6.07) is 10.00. The van der Waals surface area contributed by atoms with Crippen molar-refractivity contribution in [2.45, 2.75) is 38.6 Å². The average molecular weight is 405 g/mol. The zero-order valence-electron chi connectivity index (χ0n) is 15.5. The number of thioether (sulfide) groups is 1. The highest BCUT2D eigenvalue weighted by Gasteiger charge is 2.24. The highest BCUT2D eigenvalue weighted by atomic mass is 32.2. The van der Waals surface area contributed by atoms with Gasteiger partial charge in [0.25, 0.3) is 0 Å². The Bertz CT molecular complexity index is 792. The maximum Gasteiger partial charge on any atom is 0.321 e. The van der Waals surface area contributed by atoms with Crippen LogP contribution >= 0.6 is 23.1 Å². The number of hydrogen-bond donors (Lipinski definition) is 2. The molecule has 144 valence electrons. The summed E-state index contributed by atoms with van der Waals surface area (Å²) in [5.41, 5.74) is 2.22.